The maximum Gasteiger partial charge on any atom is 0.0998 e. The van der Waals surface area contributed by atoms with E-state index in [-0.39, 0.29) is 0 Å². The Morgan fingerprint density at radius 2 is 1.73 bits per heavy atom. The van der Waals surface area contributed by atoms with E-state index in [0.29, 0.717) is 21.2 Å². The second kappa shape index (κ2) is 6.23. The van der Waals surface area contributed by atoms with Gasteiger partial charge in [-0.2, -0.15) is 5.26 Å². The number of hydrogen-bond donors (Lipinski definition) is 0. The van der Waals surface area contributed by atoms with E-state index in [1.54, 1.807) is 18.2 Å². The van der Waals surface area contributed by atoms with Gasteiger partial charge >= 0.3 is 0 Å². The van der Waals surface area contributed by atoms with E-state index in [9.17, 15) is 5.26 Å². The van der Waals surface area contributed by atoms with Crippen LogP contribution < -0.4 is 0 Å². The van der Waals surface area contributed by atoms with Crippen LogP contribution in [0.15, 0.2) is 60.7 Å². The molecule has 0 bridgehead atoms. The quantitative estimate of drug-likeness (QED) is 0.406. The van der Waals surface area contributed by atoms with Crippen molar-refractivity contribution in [2.75, 3.05) is 0 Å². The summed E-state index contributed by atoms with van der Waals surface area (Å²) >= 11 is 12.2. The van der Waals surface area contributed by atoms with Crippen molar-refractivity contribution in [2.24, 2.45) is 0 Å². The first-order chi connectivity index (χ1) is 10.7. The van der Waals surface area contributed by atoms with Crippen LogP contribution in [0.2, 0.25) is 10.0 Å². The minimum absolute atomic E-state index is 0.490. The van der Waals surface area contributed by atoms with Gasteiger partial charge in [0.1, 0.15) is 0 Å². The normalized spacial score (nSPS) is 11.4. The molecular weight excluding hydrogens is 313 g/mol. The molecule has 0 unspecified atom stereocenters. The Labute approximate surface area is 139 Å². The van der Waals surface area contributed by atoms with Gasteiger partial charge in [-0.3, -0.25) is 0 Å². The minimum Gasteiger partial charge on any atom is -0.192 e. The molecule has 106 valence electrons. The minimum atomic E-state index is 0.490. The zero-order valence-corrected chi connectivity index (χ0v) is 13.1. The van der Waals surface area contributed by atoms with E-state index < -0.39 is 0 Å². The molecule has 1 nitrogen and oxygen atoms in total. The molecule has 0 N–H and O–H groups in total. The lowest BCUT2D eigenvalue weighted by atomic mass is 9.99. The summed E-state index contributed by atoms with van der Waals surface area (Å²) in [7, 11) is 0. The monoisotopic (exact) mass is 323 g/mol. The number of halogens is 2. The molecule has 3 aromatic carbocycles. The van der Waals surface area contributed by atoms with E-state index in [0.717, 1.165) is 16.3 Å². The van der Waals surface area contributed by atoms with Crippen molar-refractivity contribution in [3.05, 3.63) is 81.8 Å². The molecule has 0 aromatic heterocycles. The number of fused-ring (bicyclic) bond motifs is 1. The number of benzene rings is 3. The average molecular weight is 324 g/mol. The summed E-state index contributed by atoms with van der Waals surface area (Å²) in [5.41, 5.74) is 2.11. The van der Waals surface area contributed by atoms with Crippen LogP contribution in [-0.4, -0.2) is 0 Å². The second-order valence-corrected chi connectivity index (χ2v) is 5.71. The standard InChI is InChI=1S/C19H11Cl2N/c20-16-8-9-19(21)18(11-16)15(12-22)10-14-6-3-5-13-4-1-2-7-17(13)14/h1-11H. The van der Waals surface area contributed by atoms with Crippen LogP contribution in [0, 0.1) is 11.3 Å². The predicted molar refractivity (Wildman–Crippen MR) is 93.9 cm³/mol. The fraction of sp³-hybridized carbons (Fsp3) is 0. The highest BCUT2D eigenvalue weighted by molar-refractivity contribution is 6.34. The third-order valence-corrected chi connectivity index (χ3v) is 4.03. The van der Waals surface area contributed by atoms with E-state index in [4.69, 9.17) is 23.2 Å². The largest absolute Gasteiger partial charge is 0.192 e. The molecule has 0 saturated carbocycles. The van der Waals surface area contributed by atoms with Gasteiger partial charge in [0.05, 0.1) is 11.6 Å². The van der Waals surface area contributed by atoms with Crippen molar-refractivity contribution in [3.8, 4) is 6.07 Å². The van der Waals surface area contributed by atoms with Crippen LogP contribution in [0.4, 0.5) is 0 Å². The summed E-state index contributed by atoms with van der Waals surface area (Å²) in [4.78, 5) is 0. The van der Waals surface area contributed by atoms with Gasteiger partial charge in [-0.15, -0.1) is 0 Å². The maximum absolute atomic E-state index is 9.51. The van der Waals surface area contributed by atoms with E-state index in [1.165, 1.54) is 0 Å². The highest BCUT2D eigenvalue weighted by Gasteiger charge is 2.08. The van der Waals surface area contributed by atoms with Crippen molar-refractivity contribution in [3.63, 3.8) is 0 Å². The molecule has 0 heterocycles. The van der Waals surface area contributed by atoms with Crippen molar-refractivity contribution >= 4 is 45.6 Å². The van der Waals surface area contributed by atoms with Gasteiger partial charge in [0.2, 0.25) is 0 Å². The first-order valence-electron chi connectivity index (χ1n) is 6.74. The fourth-order valence-electron chi connectivity index (χ4n) is 2.41. The Morgan fingerprint density at radius 1 is 0.955 bits per heavy atom. The van der Waals surface area contributed by atoms with Crippen LogP contribution in [0.25, 0.3) is 22.4 Å². The molecular formula is C19H11Cl2N. The maximum atomic E-state index is 9.51. The molecule has 3 rings (SSSR count). The zero-order chi connectivity index (χ0) is 15.5. The van der Waals surface area contributed by atoms with E-state index in [2.05, 4.69) is 6.07 Å². The SMILES string of the molecule is N#CC(=Cc1cccc2ccccc12)c1cc(Cl)ccc1Cl. The van der Waals surface area contributed by atoms with Gasteiger partial charge in [0.15, 0.2) is 0 Å². The summed E-state index contributed by atoms with van der Waals surface area (Å²) in [6, 6.07) is 21.4. The number of allylic oxidation sites excluding steroid dienone is 1. The molecule has 0 atom stereocenters. The Balaban J connectivity index is 2.20. The fourth-order valence-corrected chi connectivity index (χ4v) is 2.80. The smallest absolute Gasteiger partial charge is 0.0998 e. The average Bonchev–Trinajstić information content (AvgIpc) is 2.55. The molecule has 0 spiro atoms. The zero-order valence-electron chi connectivity index (χ0n) is 11.6. The summed E-state index contributed by atoms with van der Waals surface area (Å²) in [6.45, 7) is 0. The molecule has 0 aliphatic carbocycles. The topological polar surface area (TPSA) is 23.8 Å². The van der Waals surface area contributed by atoms with Crippen molar-refractivity contribution < 1.29 is 0 Å². The van der Waals surface area contributed by atoms with E-state index in [1.807, 2.05) is 48.5 Å². The van der Waals surface area contributed by atoms with Gasteiger partial charge in [-0.05, 0) is 40.6 Å². The molecule has 0 amide bonds. The second-order valence-electron chi connectivity index (χ2n) is 4.86. The van der Waals surface area contributed by atoms with Crippen LogP contribution in [0.1, 0.15) is 11.1 Å². The van der Waals surface area contributed by atoms with Crippen molar-refractivity contribution in [1.29, 1.82) is 5.26 Å². The van der Waals surface area contributed by atoms with Crippen molar-refractivity contribution in [2.45, 2.75) is 0 Å². The number of rotatable bonds is 2. The summed E-state index contributed by atoms with van der Waals surface area (Å²) < 4.78 is 0. The van der Waals surface area contributed by atoms with Gasteiger partial charge in [0, 0.05) is 15.6 Å². The molecule has 0 aliphatic rings. The Hall–Kier alpha value is -2.27. The molecule has 0 saturated heterocycles. The Bertz CT molecular complexity index is 915. The van der Waals surface area contributed by atoms with Crippen LogP contribution in [0.3, 0.4) is 0 Å². The first-order valence-corrected chi connectivity index (χ1v) is 7.49. The highest BCUT2D eigenvalue weighted by atomic mass is 35.5. The highest BCUT2D eigenvalue weighted by Crippen LogP contribution is 2.30. The summed E-state index contributed by atoms with van der Waals surface area (Å²) in [5, 5.41) is 12.8. The molecule has 3 aromatic rings. The van der Waals surface area contributed by atoms with E-state index >= 15 is 0 Å². The molecule has 0 radical (unpaired) electrons. The molecule has 0 fully saturated rings. The van der Waals surface area contributed by atoms with Gasteiger partial charge in [-0.25, -0.2) is 0 Å². The lowest BCUT2D eigenvalue weighted by Gasteiger charge is -2.06. The number of nitriles is 1. The predicted octanol–water partition coefficient (Wildman–Crippen LogP) is 6.21. The Kier molecular flexibility index (Phi) is 4.15. The van der Waals surface area contributed by atoms with Crippen molar-refractivity contribution in [1.82, 2.24) is 0 Å². The summed E-state index contributed by atoms with van der Waals surface area (Å²) in [5.74, 6) is 0. The number of nitrogens with zero attached hydrogens (tertiary/aromatic N) is 1. The third kappa shape index (κ3) is 2.85. The van der Waals surface area contributed by atoms with Crippen LogP contribution in [-0.2, 0) is 0 Å². The molecule has 22 heavy (non-hydrogen) atoms. The van der Waals surface area contributed by atoms with Gasteiger partial charge in [-0.1, -0.05) is 65.7 Å². The van der Waals surface area contributed by atoms with Gasteiger partial charge < -0.3 is 0 Å². The molecule has 0 aliphatic heterocycles. The van der Waals surface area contributed by atoms with Crippen LogP contribution >= 0.6 is 23.2 Å². The Morgan fingerprint density at radius 3 is 2.55 bits per heavy atom. The lowest BCUT2D eigenvalue weighted by molar-refractivity contribution is 1.52. The molecule has 3 heteroatoms. The van der Waals surface area contributed by atoms with Crippen LogP contribution in [0.5, 0.6) is 0 Å². The lowest BCUT2D eigenvalue weighted by Crippen LogP contribution is -1.85. The summed E-state index contributed by atoms with van der Waals surface area (Å²) in [6.07, 6.45) is 1.85. The first kappa shape index (κ1) is 14.7. The number of hydrogen-bond acceptors (Lipinski definition) is 1. The van der Waals surface area contributed by atoms with Gasteiger partial charge in [0.25, 0.3) is 0 Å². The third-order valence-electron chi connectivity index (χ3n) is 3.46.